The van der Waals surface area contributed by atoms with Crippen LogP contribution in [-0.2, 0) is 14.4 Å². The summed E-state index contributed by atoms with van der Waals surface area (Å²) < 4.78 is 5.27. The summed E-state index contributed by atoms with van der Waals surface area (Å²) in [7, 11) is 0. The molecule has 0 bridgehead atoms. The van der Waals surface area contributed by atoms with E-state index >= 15 is 0 Å². The number of rotatable bonds is 10. The third-order valence-corrected chi connectivity index (χ3v) is 4.27. The van der Waals surface area contributed by atoms with Gasteiger partial charge in [0, 0.05) is 6.54 Å². The normalized spacial score (nSPS) is 16.1. The topological polar surface area (TPSA) is 115 Å². The predicted molar refractivity (Wildman–Crippen MR) is 114 cm³/mol. The molecule has 0 saturated carbocycles. The third-order valence-electron chi connectivity index (χ3n) is 4.27. The SMILES string of the molecule is CC(C)CC(NC(=O)OC(C)(C)C)/C(N)=N/OCC(=O)NCCC1=CCCCC1. The summed E-state index contributed by atoms with van der Waals surface area (Å²) in [6.45, 7) is 9.74. The lowest BCUT2D eigenvalue weighted by molar-refractivity contribution is -0.125. The van der Waals surface area contributed by atoms with Crippen molar-refractivity contribution in [1.29, 1.82) is 0 Å². The smallest absolute Gasteiger partial charge is 0.408 e. The van der Waals surface area contributed by atoms with E-state index in [2.05, 4.69) is 21.9 Å². The number of ether oxygens (including phenoxy) is 1. The molecule has 0 fully saturated rings. The second kappa shape index (κ2) is 12.3. The van der Waals surface area contributed by atoms with Crippen molar-refractivity contribution >= 4 is 17.8 Å². The maximum Gasteiger partial charge on any atom is 0.408 e. The second-order valence-electron chi connectivity index (χ2n) is 8.83. The number of oxime groups is 1. The first-order valence-electron chi connectivity index (χ1n) is 10.5. The largest absolute Gasteiger partial charge is 0.444 e. The number of amidine groups is 1. The molecule has 0 radical (unpaired) electrons. The molecule has 4 N–H and O–H groups in total. The lowest BCUT2D eigenvalue weighted by Crippen LogP contribution is -2.47. The molecule has 8 nitrogen and oxygen atoms in total. The monoisotopic (exact) mass is 410 g/mol. The van der Waals surface area contributed by atoms with Gasteiger partial charge < -0.3 is 25.9 Å². The van der Waals surface area contributed by atoms with Crippen LogP contribution >= 0.6 is 0 Å². The minimum Gasteiger partial charge on any atom is -0.444 e. The first-order valence-corrected chi connectivity index (χ1v) is 10.5. The number of allylic oxidation sites excluding steroid dienone is 1. The van der Waals surface area contributed by atoms with Crippen molar-refractivity contribution in [1.82, 2.24) is 10.6 Å². The zero-order valence-electron chi connectivity index (χ0n) is 18.5. The molecule has 0 aliphatic heterocycles. The van der Waals surface area contributed by atoms with E-state index in [1.807, 2.05) is 13.8 Å². The number of carbonyl (C=O) groups excluding carboxylic acids is 2. The highest BCUT2D eigenvalue weighted by atomic mass is 16.6. The van der Waals surface area contributed by atoms with Crippen LogP contribution in [0.15, 0.2) is 16.8 Å². The molecular weight excluding hydrogens is 372 g/mol. The molecule has 1 rings (SSSR count). The van der Waals surface area contributed by atoms with Gasteiger partial charge >= 0.3 is 6.09 Å². The maximum atomic E-state index is 12.0. The number of alkyl carbamates (subject to hydrolysis) is 1. The second-order valence-corrected chi connectivity index (χ2v) is 8.83. The Kier molecular flexibility index (Phi) is 10.5. The third kappa shape index (κ3) is 12.0. The summed E-state index contributed by atoms with van der Waals surface area (Å²) in [6.07, 6.45) is 7.87. The minimum atomic E-state index is -0.610. The van der Waals surface area contributed by atoms with Crippen molar-refractivity contribution in [3.05, 3.63) is 11.6 Å². The molecular formula is C21H38N4O4. The molecule has 1 aliphatic carbocycles. The Labute approximate surface area is 174 Å². The molecule has 1 atom stereocenters. The van der Waals surface area contributed by atoms with Crippen LogP contribution in [0.2, 0.25) is 0 Å². The van der Waals surface area contributed by atoms with Gasteiger partial charge in [-0.25, -0.2) is 4.79 Å². The molecule has 0 aromatic heterocycles. The standard InChI is InChI=1S/C21H38N4O4/c1-15(2)13-17(24-20(27)29-21(3,4)5)19(22)25-28-14-18(26)23-12-11-16-9-7-6-8-10-16/h9,15,17H,6-8,10-14H2,1-5H3,(H2,22,25)(H,23,26)(H,24,27). The van der Waals surface area contributed by atoms with E-state index < -0.39 is 17.7 Å². The van der Waals surface area contributed by atoms with E-state index in [-0.39, 0.29) is 24.3 Å². The molecule has 0 saturated heterocycles. The van der Waals surface area contributed by atoms with Crippen LogP contribution in [0.1, 0.15) is 73.1 Å². The summed E-state index contributed by atoms with van der Waals surface area (Å²) >= 11 is 0. The summed E-state index contributed by atoms with van der Waals surface area (Å²) in [6, 6.07) is -0.536. The van der Waals surface area contributed by atoms with Crippen molar-refractivity contribution < 1.29 is 19.2 Å². The molecule has 1 aliphatic rings. The highest BCUT2D eigenvalue weighted by Gasteiger charge is 2.23. The Morgan fingerprint density at radius 1 is 1.28 bits per heavy atom. The Morgan fingerprint density at radius 3 is 2.59 bits per heavy atom. The van der Waals surface area contributed by atoms with Gasteiger partial charge in [-0.15, -0.1) is 0 Å². The summed E-state index contributed by atoms with van der Waals surface area (Å²) in [5.41, 5.74) is 6.77. The number of nitrogens with one attached hydrogen (secondary N) is 2. The highest BCUT2D eigenvalue weighted by molar-refractivity contribution is 5.88. The average molecular weight is 411 g/mol. The van der Waals surface area contributed by atoms with Gasteiger partial charge in [0.2, 0.25) is 0 Å². The number of amides is 2. The Balaban J connectivity index is 2.43. The number of carbonyl (C=O) groups is 2. The van der Waals surface area contributed by atoms with Crippen LogP contribution in [0.4, 0.5) is 4.79 Å². The highest BCUT2D eigenvalue weighted by Crippen LogP contribution is 2.19. The lowest BCUT2D eigenvalue weighted by Gasteiger charge is -2.24. The van der Waals surface area contributed by atoms with Crippen molar-refractivity contribution in [3.63, 3.8) is 0 Å². The van der Waals surface area contributed by atoms with Crippen LogP contribution < -0.4 is 16.4 Å². The first kappa shape index (κ1) is 24.8. The van der Waals surface area contributed by atoms with Crippen molar-refractivity contribution in [2.45, 2.75) is 84.8 Å². The van der Waals surface area contributed by atoms with E-state index in [9.17, 15) is 9.59 Å². The molecule has 2 amide bonds. The van der Waals surface area contributed by atoms with Gasteiger partial charge in [0.15, 0.2) is 12.4 Å². The van der Waals surface area contributed by atoms with Gasteiger partial charge in [-0.3, -0.25) is 4.79 Å². The first-order chi connectivity index (χ1) is 13.6. The van der Waals surface area contributed by atoms with Crippen LogP contribution in [0, 0.1) is 5.92 Å². The fourth-order valence-corrected chi connectivity index (χ4v) is 2.95. The summed E-state index contributed by atoms with van der Waals surface area (Å²) in [4.78, 5) is 29.0. The van der Waals surface area contributed by atoms with Crippen molar-refractivity contribution in [3.8, 4) is 0 Å². The summed E-state index contributed by atoms with van der Waals surface area (Å²) in [5.74, 6) is 0.115. The number of hydrogen-bond acceptors (Lipinski definition) is 5. The number of hydrogen-bond donors (Lipinski definition) is 3. The van der Waals surface area contributed by atoms with Gasteiger partial charge in [0.25, 0.3) is 5.91 Å². The number of nitrogens with two attached hydrogens (primary N) is 1. The Bertz CT molecular complexity index is 594. The van der Waals surface area contributed by atoms with Gasteiger partial charge in [0.05, 0.1) is 6.04 Å². The minimum absolute atomic E-state index is 0.102. The molecule has 29 heavy (non-hydrogen) atoms. The van der Waals surface area contributed by atoms with E-state index in [0.29, 0.717) is 13.0 Å². The fraction of sp³-hybridized carbons (Fsp3) is 0.762. The lowest BCUT2D eigenvalue weighted by atomic mass is 9.97. The van der Waals surface area contributed by atoms with E-state index in [1.54, 1.807) is 20.8 Å². The van der Waals surface area contributed by atoms with Gasteiger partial charge in [-0.2, -0.15) is 0 Å². The molecule has 0 spiro atoms. The van der Waals surface area contributed by atoms with E-state index in [0.717, 1.165) is 19.3 Å². The van der Waals surface area contributed by atoms with E-state index in [1.165, 1.54) is 18.4 Å². The Hall–Kier alpha value is -2.25. The van der Waals surface area contributed by atoms with Gasteiger partial charge in [0.1, 0.15) is 5.60 Å². The maximum absolute atomic E-state index is 12.0. The molecule has 1 unspecified atom stereocenters. The average Bonchev–Trinajstić information content (AvgIpc) is 2.60. The summed E-state index contributed by atoms with van der Waals surface area (Å²) in [5, 5.41) is 9.35. The van der Waals surface area contributed by atoms with Crippen LogP contribution in [0.3, 0.4) is 0 Å². The zero-order valence-corrected chi connectivity index (χ0v) is 18.5. The van der Waals surface area contributed by atoms with Gasteiger partial charge in [-0.1, -0.05) is 30.7 Å². The molecule has 8 heteroatoms. The zero-order chi connectivity index (χ0) is 21.9. The van der Waals surface area contributed by atoms with Crippen LogP contribution in [0.5, 0.6) is 0 Å². The number of nitrogens with zero attached hydrogens (tertiary/aromatic N) is 1. The van der Waals surface area contributed by atoms with Crippen molar-refractivity contribution in [2.75, 3.05) is 13.2 Å². The fourth-order valence-electron chi connectivity index (χ4n) is 2.95. The van der Waals surface area contributed by atoms with Crippen molar-refractivity contribution in [2.24, 2.45) is 16.8 Å². The van der Waals surface area contributed by atoms with Gasteiger partial charge in [-0.05, 0) is 65.2 Å². The Morgan fingerprint density at radius 2 is 2.00 bits per heavy atom. The molecule has 0 aromatic carbocycles. The predicted octanol–water partition coefficient (Wildman–Crippen LogP) is 3.22. The molecule has 0 heterocycles. The molecule has 166 valence electrons. The van der Waals surface area contributed by atoms with Crippen LogP contribution in [-0.4, -0.2) is 42.6 Å². The van der Waals surface area contributed by atoms with Crippen LogP contribution in [0.25, 0.3) is 0 Å². The van der Waals surface area contributed by atoms with E-state index in [4.69, 9.17) is 15.3 Å². The quantitative estimate of drug-likeness (QED) is 0.221. The molecule has 0 aromatic rings.